The third-order valence-electron chi connectivity index (χ3n) is 3.59. The molecule has 3 aromatic rings. The van der Waals surface area contributed by atoms with Crippen molar-refractivity contribution in [2.75, 3.05) is 12.4 Å². The SMILES string of the molecule is COc1cccc(NC(=O)C(C)n2ncn3cccc3c2=O)c1. The first kappa shape index (κ1) is 14.8. The summed E-state index contributed by atoms with van der Waals surface area (Å²) < 4.78 is 7.91. The van der Waals surface area contributed by atoms with Crippen molar-refractivity contribution < 1.29 is 9.53 Å². The molecule has 1 unspecified atom stereocenters. The number of hydrogen-bond donors (Lipinski definition) is 1. The second-order valence-electron chi connectivity index (χ2n) is 5.08. The van der Waals surface area contributed by atoms with Crippen LogP contribution >= 0.6 is 0 Å². The number of carbonyl (C=O) groups is 1. The topological polar surface area (TPSA) is 77.6 Å². The Kier molecular flexibility index (Phi) is 3.84. The maximum atomic E-state index is 12.4. The largest absolute Gasteiger partial charge is 0.497 e. The summed E-state index contributed by atoms with van der Waals surface area (Å²) in [6.07, 6.45) is 3.24. The van der Waals surface area contributed by atoms with Crippen LogP contribution in [-0.2, 0) is 4.79 Å². The molecule has 3 rings (SSSR count). The van der Waals surface area contributed by atoms with Crippen LogP contribution in [-0.4, -0.2) is 27.2 Å². The van der Waals surface area contributed by atoms with Crippen molar-refractivity contribution in [1.29, 1.82) is 0 Å². The molecule has 2 heterocycles. The first-order valence-corrected chi connectivity index (χ1v) is 7.09. The second kappa shape index (κ2) is 5.96. The number of nitrogens with zero attached hydrogens (tertiary/aromatic N) is 3. The highest BCUT2D eigenvalue weighted by Gasteiger charge is 2.18. The first-order chi connectivity index (χ1) is 11.1. The highest BCUT2D eigenvalue weighted by molar-refractivity contribution is 5.93. The standard InChI is InChI=1S/C16H16N4O3/c1-11(15(21)18-12-5-3-6-13(9-12)23-2)20-16(22)14-7-4-8-19(14)10-17-20/h3-11H,1-2H3,(H,18,21). The highest BCUT2D eigenvalue weighted by Crippen LogP contribution is 2.17. The minimum absolute atomic E-state index is 0.314. The van der Waals surface area contributed by atoms with Gasteiger partial charge in [0.25, 0.3) is 5.56 Å². The van der Waals surface area contributed by atoms with Gasteiger partial charge in [-0.1, -0.05) is 6.07 Å². The van der Waals surface area contributed by atoms with Gasteiger partial charge >= 0.3 is 0 Å². The second-order valence-corrected chi connectivity index (χ2v) is 5.08. The predicted octanol–water partition coefficient (Wildman–Crippen LogP) is 1.70. The number of ether oxygens (including phenoxy) is 1. The smallest absolute Gasteiger partial charge is 0.291 e. The van der Waals surface area contributed by atoms with E-state index in [1.54, 1.807) is 61.0 Å². The molecule has 1 amide bonds. The van der Waals surface area contributed by atoms with Gasteiger partial charge in [0.05, 0.1) is 7.11 Å². The zero-order valence-electron chi connectivity index (χ0n) is 12.8. The lowest BCUT2D eigenvalue weighted by atomic mass is 10.2. The quantitative estimate of drug-likeness (QED) is 0.795. The highest BCUT2D eigenvalue weighted by atomic mass is 16.5. The molecule has 0 saturated heterocycles. The number of fused-ring (bicyclic) bond motifs is 1. The number of amides is 1. The fourth-order valence-corrected chi connectivity index (χ4v) is 2.29. The Hall–Kier alpha value is -3.09. The van der Waals surface area contributed by atoms with E-state index in [1.165, 1.54) is 11.0 Å². The molecule has 0 aliphatic heterocycles. The fraction of sp³-hybridized carbons (Fsp3) is 0.188. The number of carbonyl (C=O) groups excluding carboxylic acids is 1. The summed E-state index contributed by atoms with van der Waals surface area (Å²) in [6, 6.07) is 9.71. The van der Waals surface area contributed by atoms with Crippen LogP contribution in [0.1, 0.15) is 13.0 Å². The summed E-state index contributed by atoms with van der Waals surface area (Å²) in [5, 5.41) is 6.82. The molecule has 1 atom stereocenters. The van der Waals surface area contributed by atoms with Crippen molar-refractivity contribution >= 4 is 17.1 Å². The molecule has 0 fully saturated rings. The van der Waals surface area contributed by atoms with E-state index < -0.39 is 6.04 Å². The van der Waals surface area contributed by atoms with E-state index in [4.69, 9.17) is 4.74 Å². The molecule has 23 heavy (non-hydrogen) atoms. The first-order valence-electron chi connectivity index (χ1n) is 7.09. The van der Waals surface area contributed by atoms with E-state index in [0.717, 1.165) is 0 Å². The number of methoxy groups -OCH3 is 1. The Morgan fingerprint density at radius 3 is 2.91 bits per heavy atom. The molecule has 7 nitrogen and oxygen atoms in total. The van der Waals surface area contributed by atoms with Gasteiger partial charge in [0.1, 0.15) is 23.6 Å². The molecule has 2 aromatic heterocycles. The van der Waals surface area contributed by atoms with Crippen LogP contribution in [0.25, 0.3) is 5.52 Å². The molecular weight excluding hydrogens is 296 g/mol. The minimum atomic E-state index is -0.742. The zero-order valence-corrected chi connectivity index (χ0v) is 12.8. The Bertz CT molecular complexity index is 913. The van der Waals surface area contributed by atoms with E-state index in [1.807, 2.05) is 0 Å². The minimum Gasteiger partial charge on any atom is -0.497 e. The molecule has 0 aliphatic rings. The van der Waals surface area contributed by atoms with E-state index in [0.29, 0.717) is 17.0 Å². The summed E-state index contributed by atoms with van der Waals surface area (Å²) in [6.45, 7) is 1.63. The number of hydrogen-bond acceptors (Lipinski definition) is 4. The van der Waals surface area contributed by atoms with E-state index >= 15 is 0 Å². The van der Waals surface area contributed by atoms with Crippen LogP contribution in [0.4, 0.5) is 5.69 Å². The molecular formula is C16H16N4O3. The number of anilines is 1. The van der Waals surface area contributed by atoms with Gasteiger partial charge in [-0.15, -0.1) is 0 Å². The lowest BCUT2D eigenvalue weighted by Crippen LogP contribution is -2.34. The predicted molar refractivity (Wildman–Crippen MR) is 85.8 cm³/mol. The zero-order chi connectivity index (χ0) is 16.4. The maximum Gasteiger partial charge on any atom is 0.291 e. The Labute approximate surface area is 132 Å². The molecule has 118 valence electrons. The number of aromatic nitrogens is 3. The lowest BCUT2D eigenvalue weighted by Gasteiger charge is -2.14. The van der Waals surface area contributed by atoms with E-state index in [9.17, 15) is 9.59 Å². The summed E-state index contributed by atoms with van der Waals surface area (Å²) in [5.41, 5.74) is 0.754. The summed E-state index contributed by atoms with van der Waals surface area (Å²) in [7, 11) is 1.56. The molecule has 1 N–H and O–H groups in total. The normalized spacial score (nSPS) is 12.1. The van der Waals surface area contributed by atoms with Crippen LogP contribution in [0, 0.1) is 0 Å². The number of rotatable bonds is 4. The van der Waals surface area contributed by atoms with Crippen LogP contribution < -0.4 is 15.6 Å². The molecule has 1 aromatic carbocycles. The molecule has 0 saturated carbocycles. The van der Waals surface area contributed by atoms with Crippen LogP contribution in [0.5, 0.6) is 5.75 Å². The number of benzene rings is 1. The molecule has 0 aliphatic carbocycles. The third-order valence-corrected chi connectivity index (χ3v) is 3.59. The van der Waals surface area contributed by atoms with E-state index in [-0.39, 0.29) is 11.5 Å². The summed E-state index contributed by atoms with van der Waals surface area (Å²) in [5.74, 6) is 0.309. The van der Waals surface area contributed by atoms with Crippen molar-refractivity contribution in [3.8, 4) is 5.75 Å². The van der Waals surface area contributed by atoms with Gasteiger partial charge in [0.2, 0.25) is 5.91 Å². The van der Waals surface area contributed by atoms with Gasteiger partial charge < -0.3 is 14.5 Å². The Balaban J connectivity index is 1.86. The monoisotopic (exact) mass is 312 g/mol. The lowest BCUT2D eigenvalue weighted by molar-refractivity contribution is -0.119. The Morgan fingerprint density at radius 1 is 1.30 bits per heavy atom. The molecule has 0 radical (unpaired) electrons. The average Bonchev–Trinajstić information content (AvgIpc) is 3.04. The van der Waals surface area contributed by atoms with Gasteiger partial charge in [-0.3, -0.25) is 9.59 Å². The van der Waals surface area contributed by atoms with Crippen LogP contribution in [0.3, 0.4) is 0 Å². The average molecular weight is 312 g/mol. The molecule has 7 heteroatoms. The Morgan fingerprint density at radius 2 is 2.13 bits per heavy atom. The van der Waals surface area contributed by atoms with Crippen molar-refractivity contribution in [2.24, 2.45) is 0 Å². The summed E-state index contributed by atoms with van der Waals surface area (Å²) in [4.78, 5) is 24.7. The molecule has 0 bridgehead atoms. The summed E-state index contributed by atoms with van der Waals surface area (Å²) >= 11 is 0. The van der Waals surface area contributed by atoms with Gasteiger partial charge in [0.15, 0.2) is 0 Å². The van der Waals surface area contributed by atoms with Crippen LogP contribution in [0.15, 0.2) is 53.7 Å². The van der Waals surface area contributed by atoms with Crippen LogP contribution in [0.2, 0.25) is 0 Å². The number of nitrogens with one attached hydrogen (secondary N) is 1. The van der Waals surface area contributed by atoms with Crippen molar-refractivity contribution in [3.63, 3.8) is 0 Å². The third kappa shape index (κ3) is 2.80. The maximum absolute atomic E-state index is 12.4. The van der Waals surface area contributed by atoms with Crippen molar-refractivity contribution in [1.82, 2.24) is 14.2 Å². The fourth-order valence-electron chi connectivity index (χ4n) is 2.29. The van der Waals surface area contributed by atoms with Gasteiger partial charge in [-0.2, -0.15) is 5.10 Å². The van der Waals surface area contributed by atoms with Gasteiger partial charge in [-0.25, -0.2) is 4.68 Å². The van der Waals surface area contributed by atoms with Crippen molar-refractivity contribution in [2.45, 2.75) is 13.0 Å². The van der Waals surface area contributed by atoms with E-state index in [2.05, 4.69) is 10.4 Å². The molecule has 0 spiro atoms. The van der Waals surface area contributed by atoms with Crippen molar-refractivity contribution in [3.05, 3.63) is 59.3 Å². The van der Waals surface area contributed by atoms with Gasteiger partial charge in [-0.05, 0) is 31.2 Å². The van der Waals surface area contributed by atoms with Gasteiger partial charge in [0, 0.05) is 18.0 Å².